The Morgan fingerprint density at radius 3 is 2.32 bits per heavy atom. The summed E-state index contributed by atoms with van der Waals surface area (Å²) in [4.78, 5) is 0. The van der Waals surface area contributed by atoms with Crippen molar-refractivity contribution in [2.24, 2.45) is 0 Å². The van der Waals surface area contributed by atoms with Crippen LogP contribution >= 0.6 is 0 Å². The van der Waals surface area contributed by atoms with Crippen LogP contribution in [0.1, 0.15) is 24.5 Å². The fourth-order valence-electron chi connectivity index (χ4n) is 4.08. The van der Waals surface area contributed by atoms with Gasteiger partial charge in [-0.25, -0.2) is 0 Å². The van der Waals surface area contributed by atoms with Crippen molar-refractivity contribution in [3.63, 3.8) is 0 Å². The summed E-state index contributed by atoms with van der Waals surface area (Å²) in [6.45, 7) is 10.0. The average Bonchev–Trinajstić information content (AvgIpc) is 3.27. The second kappa shape index (κ2) is 10.8. The van der Waals surface area contributed by atoms with Crippen LogP contribution in [0.25, 0.3) is 14.9 Å². The Labute approximate surface area is 213 Å². The number of rotatable bonds is 6. The summed E-state index contributed by atoms with van der Waals surface area (Å²) in [6, 6.07) is 13.3. The first-order chi connectivity index (χ1) is 13.9. The Morgan fingerprint density at radius 1 is 0.935 bits per heavy atom. The van der Waals surface area contributed by atoms with Gasteiger partial charge in [-0.1, -0.05) is 0 Å². The molecule has 2 aliphatic rings. The Kier molecular flexibility index (Phi) is 9.19. The summed E-state index contributed by atoms with van der Waals surface area (Å²) in [6.07, 6.45) is 7.49. The number of ether oxygens (including phenoxy) is 1. The number of allylic oxidation sites excluding steroid dienone is 3. The van der Waals surface area contributed by atoms with Crippen LogP contribution in [-0.4, -0.2) is 21.5 Å². The maximum atomic E-state index is 6.21. The molecule has 0 radical (unpaired) electrons. The van der Waals surface area contributed by atoms with Gasteiger partial charge in [0.2, 0.25) is 0 Å². The van der Waals surface area contributed by atoms with Crippen LogP contribution in [0.3, 0.4) is 0 Å². The Hall–Kier alpha value is -0.900. The predicted molar refractivity (Wildman–Crippen MR) is 118 cm³/mol. The van der Waals surface area contributed by atoms with Crippen LogP contribution in [0.4, 0.5) is 0 Å². The van der Waals surface area contributed by atoms with Gasteiger partial charge in [0.1, 0.15) is 0 Å². The van der Waals surface area contributed by atoms with Gasteiger partial charge in [0, 0.05) is 0 Å². The summed E-state index contributed by atoms with van der Waals surface area (Å²) in [5.41, 5.74) is 4.05. The topological polar surface area (TPSA) is 18.5 Å². The van der Waals surface area contributed by atoms with Crippen LogP contribution in [0.2, 0.25) is 19.6 Å². The minimum absolute atomic E-state index is 0. The van der Waals surface area contributed by atoms with Crippen LogP contribution in [0, 0.1) is 10.4 Å². The van der Waals surface area contributed by atoms with Crippen LogP contribution in [0.15, 0.2) is 54.3 Å². The molecule has 31 heavy (non-hydrogen) atoms. The van der Waals surface area contributed by atoms with E-state index in [1.165, 1.54) is 65.6 Å². The van der Waals surface area contributed by atoms with Gasteiger partial charge in [0.25, 0.3) is 0 Å². The Morgan fingerprint density at radius 2 is 1.65 bits per heavy atom. The third-order valence-corrected chi connectivity index (χ3v) is 7.70. The number of hydrogen-bond acceptors (Lipinski definition) is 2. The van der Waals surface area contributed by atoms with Crippen molar-refractivity contribution in [2.75, 3.05) is 13.2 Å². The third kappa shape index (κ3) is 5.37. The Bertz CT molecular complexity index is 1240. The fraction of sp³-hybridized carbons (Fsp3) is 0.280. The molecule has 0 saturated carbocycles. The summed E-state index contributed by atoms with van der Waals surface area (Å²) in [5.74, 6) is 1.00. The number of fused-ring (bicyclic) bond motifs is 2. The van der Waals surface area contributed by atoms with Gasteiger partial charge in [-0.05, 0) is 0 Å². The zero-order valence-electron chi connectivity index (χ0n) is 18.4. The molecule has 2 nitrogen and oxygen atoms in total. The van der Waals surface area contributed by atoms with Crippen molar-refractivity contribution >= 4 is 23.2 Å². The molecule has 2 aromatic carbocycles. The number of benzene rings is 2. The largest absolute Gasteiger partial charge is 1.00 e. The first-order valence-electron chi connectivity index (χ1n) is 10.2. The monoisotopic (exact) mass is 547 g/mol. The molecule has 2 aromatic rings. The molecule has 0 aliphatic heterocycles. The summed E-state index contributed by atoms with van der Waals surface area (Å²) >= 11 is 1.45. The second-order valence-electron chi connectivity index (χ2n) is 8.42. The Balaban J connectivity index is 0.00000171. The second-order valence-corrected chi connectivity index (χ2v) is 14.2. The van der Waals surface area contributed by atoms with Crippen molar-refractivity contribution < 1.29 is 58.7 Å². The van der Waals surface area contributed by atoms with Crippen molar-refractivity contribution in [1.82, 2.24) is 0 Å². The van der Waals surface area contributed by atoms with Crippen LogP contribution < -0.4 is 35.3 Å². The molecule has 0 N–H and O–H groups in total. The zero-order valence-corrected chi connectivity index (χ0v) is 23.4. The molecule has 2 aliphatic carbocycles. The molecule has 0 heterocycles. The number of hydrogen-bond donors (Lipinski definition) is 0. The minimum atomic E-state index is -1.51. The molecule has 0 unspecified atom stereocenters. The van der Waals surface area contributed by atoms with Gasteiger partial charge >= 0.3 is 190 Å². The maximum Gasteiger partial charge on any atom is -1.00 e. The molecule has 0 saturated heterocycles. The van der Waals surface area contributed by atoms with E-state index in [1.54, 1.807) is 0 Å². The predicted octanol–water partition coefficient (Wildman–Crippen LogP) is -1.66. The molecule has 6 heteroatoms. The van der Waals surface area contributed by atoms with E-state index < -0.39 is 8.32 Å². The van der Waals surface area contributed by atoms with Gasteiger partial charge in [-0.3, -0.25) is 0 Å². The fourth-order valence-corrected chi connectivity index (χ4v) is 5.95. The van der Waals surface area contributed by atoms with E-state index in [2.05, 4.69) is 81.2 Å². The minimum Gasteiger partial charge on any atom is -1.00 e. The van der Waals surface area contributed by atoms with Gasteiger partial charge in [0.05, 0.1) is 0 Å². The molecule has 4 rings (SSSR count). The summed E-state index contributed by atoms with van der Waals surface area (Å²) in [5, 5.41) is 5.38. The van der Waals surface area contributed by atoms with Crippen molar-refractivity contribution in [3.05, 3.63) is 86.3 Å². The average molecular weight is 550 g/mol. The molecule has 0 bridgehead atoms. The van der Waals surface area contributed by atoms with Crippen LogP contribution in [-0.2, 0) is 33.9 Å². The SMILES string of the molecule is CC=c1ccc2c(c1C1=C(OCCO[Si](C)(C)C)C=CC1)[C]([Zr+2])=c1ccccc1=2.[Cl-].[Cl-]. The first kappa shape index (κ1) is 26.4. The molecule has 0 aromatic heterocycles. The molecule has 0 amide bonds. The summed E-state index contributed by atoms with van der Waals surface area (Å²) in [7, 11) is -1.51. The first-order valence-corrected chi connectivity index (χ1v) is 14.9. The summed E-state index contributed by atoms with van der Waals surface area (Å²) < 4.78 is 13.6. The van der Waals surface area contributed by atoms with Crippen molar-refractivity contribution in [3.8, 4) is 0 Å². The molecular weight excluding hydrogens is 522 g/mol. The van der Waals surface area contributed by atoms with Crippen LogP contribution in [0.5, 0.6) is 0 Å². The van der Waals surface area contributed by atoms with E-state index >= 15 is 0 Å². The maximum absolute atomic E-state index is 6.21. The van der Waals surface area contributed by atoms with E-state index in [-0.39, 0.29) is 24.8 Å². The smallest absolute Gasteiger partial charge is 1.00 e. The van der Waals surface area contributed by atoms with Gasteiger partial charge in [0.15, 0.2) is 0 Å². The molecular formula is C25H27Cl2O2SiZr. The quantitative estimate of drug-likeness (QED) is 0.317. The van der Waals surface area contributed by atoms with Gasteiger partial charge < -0.3 is 24.8 Å². The van der Waals surface area contributed by atoms with E-state index in [1.807, 2.05) is 0 Å². The van der Waals surface area contributed by atoms with E-state index in [9.17, 15) is 0 Å². The molecule has 0 fully saturated rings. The van der Waals surface area contributed by atoms with E-state index in [0.29, 0.717) is 13.2 Å². The van der Waals surface area contributed by atoms with Gasteiger partial charge in [-0.15, -0.1) is 0 Å². The molecule has 0 spiro atoms. The third-order valence-electron chi connectivity index (χ3n) is 5.35. The normalized spacial score (nSPS) is 14.9. The van der Waals surface area contributed by atoms with E-state index in [4.69, 9.17) is 9.16 Å². The van der Waals surface area contributed by atoms with E-state index in [0.717, 1.165) is 12.2 Å². The van der Waals surface area contributed by atoms with Gasteiger partial charge in [-0.2, -0.15) is 0 Å². The van der Waals surface area contributed by atoms with Crippen molar-refractivity contribution in [1.29, 1.82) is 0 Å². The molecule has 161 valence electrons. The standard InChI is InChI=1S/C25H27O2Si.2ClH.Zr/c1-5-18-13-14-21-20-10-7-6-9-19(20)17-23(21)25(18)22-11-8-12-24(22)26-15-16-27-28(2,3)4;;;/h5-10,12-14H,11,15-16H2,1-4H3;2*1H;/q;;;+2/p-2. The van der Waals surface area contributed by atoms with Crippen molar-refractivity contribution in [2.45, 2.75) is 33.0 Å². The zero-order chi connectivity index (χ0) is 20.6. The number of halogens is 2. The molecule has 0 atom stereocenters.